The molecule has 0 saturated heterocycles. The Morgan fingerprint density at radius 2 is 1.82 bits per heavy atom. The van der Waals surface area contributed by atoms with Gasteiger partial charge in [-0.25, -0.2) is 0 Å². The lowest BCUT2D eigenvalue weighted by Crippen LogP contribution is -2.27. The van der Waals surface area contributed by atoms with Crippen molar-refractivity contribution in [3.8, 4) is 0 Å². The molecule has 2 heterocycles. The van der Waals surface area contributed by atoms with E-state index in [-0.39, 0.29) is 6.17 Å². The number of fused-ring (bicyclic) bond motifs is 3. The number of rotatable bonds is 0. The molecule has 2 aromatic carbocycles. The summed E-state index contributed by atoms with van der Waals surface area (Å²) in [7, 11) is 0. The standard InChI is InChI=1S/C15H12N2/c1-3-7-13-10(5-1)9-12-11-6-2-4-8-14(11)17-15(12)16-13/h1-8,15-16H,9H2. The second-order valence-electron chi connectivity index (χ2n) is 4.55. The molecule has 0 spiro atoms. The number of para-hydroxylation sites is 2. The lowest BCUT2D eigenvalue weighted by atomic mass is 9.96. The first-order chi connectivity index (χ1) is 8.42. The van der Waals surface area contributed by atoms with E-state index in [9.17, 15) is 0 Å². The number of anilines is 1. The lowest BCUT2D eigenvalue weighted by Gasteiger charge is -2.24. The highest BCUT2D eigenvalue weighted by atomic mass is 15.1. The van der Waals surface area contributed by atoms with Gasteiger partial charge in [0, 0.05) is 17.3 Å². The molecule has 1 unspecified atom stereocenters. The first-order valence-corrected chi connectivity index (χ1v) is 5.92. The third-order valence-electron chi connectivity index (χ3n) is 3.54. The molecule has 2 nitrogen and oxygen atoms in total. The van der Waals surface area contributed by atoms with Crippen LogP contribution < -0.4 is 15.9 Å². The van der Waals surface area contributed by atoms with Crippen LogP contribution in [-0.2, 0) is 6.42 Å². The van der Waals surface area contributed by atoms with Gasteiger partial charge >= 0.3 is 0 Å². The van der Waals surface area contributed by atoms with Gasteiger partial charge in [0.15, 0.2) is 0 Å². The third kappa shape index (κ3) is 1.24. The van der Waals surface area contributed by atoms with E-state index in [2.05, 4.69) is 47.8 Å². The van der Waals surface area contributed by atoms with Crippen molar-refractivity contribution in [1.82, 2.24) is 0 Å². The summed E-state index contributed by atoms with van der Waals surface area (Å²) >= 11 is 0. The topological polar surface area (TPSA) is 24.4 Å². The Bertz CT molecular complexity index is 716. The van der Waals surface area contributed by atoms with Crippen molar-refractivity contribution >= 4 is 11.3 Å². The normalized spacial score (nSPS) is 19.8. The smallest absolute Gasteiger partial charge is 0.142 e. The van der Waals surface area contributed by atoms with Crippen LogP contribution in [0.4, 0.5) is 5.69 Å². The molecule has 2 aliphatic rings. The van der Waals surface area contributed by atoms with Crippen LogP contribution >= 0.6 is 0 Å². The molecule has 2 aromatic rings. The summed E-state index contributed by atoms with van der Waals surface area (Å²) in [5.41, 5.74) is 3.99. The highest BCUT2D eigenvalue weighted by Gasteiger charge is 2.24. The Labute approximate surface area is 99.3 Å². The average Bonchev–Trinajstić information content (AvgIpc) is 2.73. The van der Waals surface area contributed by atoms with Crippen molar-refractivity contribution in [2.24, 2.45) is 4.99 Å². The number of nitrogens with one attached hydrogen (secondary N) is 1. The molecular formula is C15H12N2. The Hall–Kier alpha value is -2.09. The molecule has 0 saturated carbocycles. The van der Waals surface area contributed by atoms with E-state index in [1.165, 1.54) is 22.0 Å². The van der Waals surface area contributed by atoms with Crippen LogP contribution in [0.25, 0.3) is 5.57 Å². The van der Waals surface area contributed by atoms with Gasteiger partial charge < -0.3 is 5.32 Å². The van der Waals surface area contributed by atoms with Gasteiger partial charge in [0.2, 0.25) is 0 Å². The van der Waals surface area contributed by atoms with Crippen molar-refractivity contribution in [3.63, 3.8) is 0 Å². The number of hydrogen-bond donors (Lipinski definition) is 1. The van der Waals surface area contributed by atoms with E-state index in [0.717, 1.165) is 11.8 Å². The SMILES string of the molecule is c1ccc2c(c1)CC1=c3ccccc3=NC1N2. The van der Waals surface area contributed by atoms with Crippen molar-refractivity contribution < 1.29 is 0 Å². The fourth-order valence-corrected chi connectivity index (χ4v) is 2.70. The molecule has 0 aromatic heterocycles. The Kier molecular flexibility index (Phi) is 1.69. The Balaban J connectivity index is 1.97. The summed E-state index contributed by atoms with van der Waals surface area (Å²) in [5, 5.41) is 5.93. The highest BCUT2D eigenvalue weighted by Crippen LogP contribution is 2.29. The fourth-order valence-electron chi connectivity index (χ4n) is 2.70. The maximum Gasteiger partial charge on any atom is 0.142 e. The molecule has 2 heteroatoms. The van der Waals surface area contributed by atoms with Gasteiger partial charge in [-0.3, -0.25) is 4.99 Å². The van der Waals surface area contributed by atoms with Crippen molar-refractivity contribution in [3.05, 3.63) is 64.7 Å². The summed E-state index contributed by atoms with van der Waals surface area (Å²) < 4.78 is 0. The van der Waals surface area contributed by atoms with Gasteiger partial charge in [-0.1, -0.05) is 36.4 Å². The summed E-state index contributed by atoms with van der Waals surface area (Å²) in [4.78, 5) is 4.72. The van der Waals surface area contributed by atoms with Gasteiger partial charge in [-0.2, -0.15) is 0 Å². The van der Waals surface area contributed by atoms with Crippen LogP contribution in [-0.4, -0.2) is 6.17 Å². The van der Waals surface area contributed by atoms with Crippen LogP contribution in [0.3, 0.4) is 0 Å². The van der Waals surface area contributed by atoms with Gasteiger partial charge in [0.1, 0.15) is 6.17 Å². The minimum absolute atomic E-state index is 0.141. The number of benzene rings is 2. The highest BCUT2D eigenvalue weighted by molar-refractivity contribution is 5.70. The third-order valence-corrected chi connectivity index (χ3v) is 3.54. The van der Waals surface area contributed by atoms with Gasteiger partial charge in [-0.15, -0.1) is 0 Å². The fraction of sp³-hybridized carbons (Fsp3) is 0.133. The quantitative estimate of drug-likeness (QED) is 0.714. The molecule has 4 rings (SSSR count). The van der Waals surface area contributed by atoms with E-state index in [0.29, 0.717) is 0 Å². The number of hydrogen-bond acceptors (Lipinski definition) is 2. The first kappa shape index (κ1) is 8.99. The van der Waals surface area contributed by atoms with Crippen molar-refractivity contribution in [1.29, 1.82) is 0 Å². The largest absolute Gasteiger partial charge is 0.360 e. The molecular weight excluding hydrogens is 208 g/mol. The van der Waals surface area contributed by atoms with Crippen LogP contribution in [0.2, 0.25) is 0 Å². The van der Waals surface area contributed by atoms with Crippen LogP contribution in [0.15, 0.2) is 53.5 Å². The predicted molar refractivity (Wildman–Crippen MR) is 68.2 cm³/mol. The van der Waals surface area contributed by atoms with E-state index < -0.39 is 0 Å². The average molecular weight is 220 g/mol. The Morgan fingerprint density at radius 3 is 2.82 bits per heavy atom. The zero-order chi connectivity index (χ0) is 11.2. The second-order valence-corrected chi connectivity index (χ2v) is 4.55. The summed E-state index contributed by atoms with van der Waals surface area (Å²) in [6.45, 7) is 0. The molecule has 2 aliphatic heterocycles. The first-order valence-electron chi connectivity index (χ1n) is 5.92. The predicted octanol–water partition coefficient (Wildman–Crippen LogP) is 1.46. The zero-order valence-corrected chi connectivity index (χ0v) is 9.35. The lowest BCUT2D eigenvalue weighted by molar-refractivity contribution is 0.895. The number of nitrogens with zero attached hydrogens (tertiary/aromatic N) is 1. The maximum atomic E-state index is 4.72. The van der Waals surface area contributed by atoms with Crippen LogP contribution in [0, 0.1) is 0 Å². The summed E-state index contributed by atoms with van der Waals surface area (Å²) in [6.07, 6.45) is 1.15. The molecule has 82 valence electrons. The van der Waals surface area contributed by atoms with E-state index in [1.807, 2.05) is 6.07 Å². The van der Waals surface area contributed by atoms with Gasteiger partial charge in [0.05, 0.1) is 5.36 Å². The second kappa shape index (κ2) is 3.20. The summed E-state index contributed by atoms with van der Waals surface area (Å²) in [6, 6.07) is 16.9. The molecule has 0 radical (unpaired) electrons. The monoisotopic (exact) mass is 220 g/mol. The van der Waals surface area contributed by atoms with Gasteiger partial charge in [-0.05, 0) is 23.3 Å². The zero-order valence-electron chi connectivity index (χ0n) is 9.35. The minimum Gasteiger partial charge on any atom is -0.360 e. The molecule has 17 heavy (non-hydrogen) atoms. The van der Waals surface area contributed by atoms with E-state index in [4.69, 9.17) is 4.99 Å². The Morgan fingerprint density at radius 1 is 1.00 bits per heavy atom. The molecule has 1 atom stereocenters. The minimum atomic E-state index is 0.141. The van der Waals surface area contributed by atoms with Crippen LogP contribution in [0.5, 0.6) is 0 Å². The molecule has 0 fully saturated rings. The molecule has 0 amide bonds. The molecule has 0 bridgehead atoms. The molecule has 1 N–H and O–H groups in total. The van der Waals surface area contributed by atoms with Gasteiger partial charge in [0.25, 0.3) is 0 Å². The summed E-state index contributed by atoms with van der Waals surface area (Å²) in [5.74, 6) is 0. The van der Waals surface area contributed by atoms with E-state index in [1.54, 1.807) is 0 Å². The van der Waals surface area contributed by atoms with Crippen LogP contribution in [0.1, 0.15) is 5.56 Å². The van der Waals surface area contributed by atoms with Crippen molar-refractivity contribution in [2.45, 2.75) is 12.6 Å². The molecule has 0 aliphatic carbocycles. The maximum absolute atomic E-state index is 4.72. The van der Waals surface area contributed by atoms with Crippen molar-refractivity contribution in [2.75, 3.05) is 5.32 Å². The van der Waals surface area contributed by atoms with E-state index >= 15 is 0 Å².